The first-order valence-corrected chi connectivity index (χ1v) is 9.79. The van der Waals surface area contributed by atoms with Gasteiger partial charge in [0.25, 0.3) is 0 Å². The summed E-state index contributed by atoms with van der Waals surface area (Å²) in [5, 5.41) is 8.34. The molecule has 0 amide bonds. The fraction of sp³-hybridized carbons (Fsp3) is 0.0476. The number of alkyl halides is 2. The molecular formula is C21H13F2O3S2-. The predicted octanol–water partition coefficient (Wildman–Crippen LogP) is 4.75. The van der Waals surface area contributed by atoms with Gasteiger partial charge in [0.05, 0.1) is 0 Å². The van der Waals surface area contributed by atoms with Gasteiger partial charge in [0.15, 0.2) is 5.78 Å². The molecule has 28 heavy (non-hydrogen) atoms. The van der Waals surface area contributed by atoms with Crippen molar-refractivity contribution in [1.82, 2.24) is 0 Å². The Morgan fingerprint density at radius 2 is 1.68 bits per heavy atom. The lowest BCUT2D eigenvalue weighted by molar-refractivity contribution is -0.320. The topological polar surface area (TPSA) is 57.2 Å². The number of hydrogen-bond acceptors (Lipinski definition) is 5. The summed E-state index contributed by atoms with van der Waals surface area (Å²) < 4.78 is 26.3. The number of rotatable bonds is 7. The molecule has 3 rings (SSSR count). The van der Waals surface area contributed by atoms with Gasteiger partial charge in [0.2, 0.25) is 0 Å². The molecule has 0 N–H and O–H groups in total. The summed E-state index contributed by atoms with van der Waals surface area (Å²) in [7, 11) is 0. The Balaban J connectivity index is 1.65. The van der Waals surface area contributed by atoms with Crippen LogP contribution < -0.4 is 5.11 Å². The zero-order valence-electron chi connectivity index (χ0n) is 14.3. The second-order valence-corrected chi connectivity index (χ2v) is 7.86. The Morgan fingerprint density at radius 3 is 2.25 bits per heavy atom. The molecule has 0 aliphatic rings. The van der Waals surface area contributed by atoms with Crippen LogP contribution in [0.5, 0.6) is 0 Å². The van der Waals surface area contributed by atoms with E-state index in [0.717, 1.165) is 16.0 Å². The molecule has 2 aromatic carbocycles. The van der Waals surface area contributed by atoms with Crippen LogP contribution in [-0.2, 0) is 4.79 Å². The number of hydrogen-bond donors (Lipinski definition) is 0. The number of carboxylic acids is 1. The Kier molecular flexibility index (Phi) is 6.06. The van der Waals surface area contributed by atoms with Crippen molar-refractivity contribution in [3.05, 3.63) is 83.2 Å². The molecule has 1 heterocycles. The molecule has 7 heteroatoms. The summed E-state index contributed by atoms with van der Waals surface area (Å²) in [5.74, 6) is -2.74. The van der Waals surface area contributed by atoms with Crippen LogP contribution in [0.2, 0.25) is 0 Å². The SMILES string of the molecule is O=C(/C=C/c1ccc(-c2cccs2)cc1)c1ccc(SC(F)(F)C(=O)[O-])cc1. The quantitative estimate of drug-likeness (QED) is 0.318. The van der Waals surface area contributed by atoms with E-state index in [2.05, 4.69) is 0 Å². The van der Waals surface area contributed by atoms with Crippen LogP contribution in [0.25, 0.3) is 16.5 Å². The molecule has 0 aliphatic carbocycles. The monoisotopic (exact) mass is 415 g/mol. The van der Waals surface area contributed by atoms with Crippen LogP contribution in [-0.4, -0.2) is 17.0 Å². The van der Waals surface area contributed by atoms with Crippen LogP contribution in [0, 0.1) is 0 Å². The smallest absolute Gasteiger partial charge is 0.337 e. The van der Waals surface area contributed by atoms with Gasteiger partial charge < -0.3 is 9.90 Å². The van der Waals surface area contributed by atoms with E-state index in [4.69, 9.17) is 0 Å². The van der Waals surface area contributed by atoms with Gasteiger partial charge in [-0.15, -0.1) is 11.3 Å². The second kappa shape index (κ2) is 8.50. The van der Waals surface area contributed by atoms with Crippen LogP contribution in [0.4, 0.5) is 8.78 Å². The summed E-state index contributed by atoms with van der Waals surface area (Å²) in [5.41, 5.74) is 2.27. The van der Waals surface area contributed by atoms with E-state index in [-0.39, 0.29) is 22.4 Å². The van der Waals surface area contributed by atoms with Gasteiger partial charge in [-0.2, -0.15) is 8.78 Å². The summed E-state index contributed by atoms with van der Waals surface area (Å²) in [6.07, 6.45) is 3.07. The summed E-state index contributed by atoms with van der Waals surface area (Å²) in [6.45, 7) is 0. The Labute approximate surface area is 168 Å². The fourth-order valence-electron chi connectivity index (χ4n) is 2.35. The summed E-state index contributed by atoms with van der Waals surface area (Å²) in [4.78, 5) is 23.8. The Bertz CT molecular complexity index is 993. The highest BCUT2D eigenvalue weighted by Crippen LogP contribution is 2.35. The molecule has 0 bridgehead atoms. The molecule has 0 aliphatic heterocycles. The van der Waals surface area contributed by atoms with Crippen molar-refractivity contribution in [2.45, 2.75) is 10.2 Å². The highest BCUT2D eigenvalue weighted by Gasteiger charge is 2.32. The molecule has 142 valence electrons. The lowest BCUT2D eigenvalue weighted by atomic mass is 10.1. The number of allylic oxidation sites excluding steroid dienone is 1. The number of aliphatic carboxylic acids is 1. The number of ketones is 1. The number of thioether (sulfide) groups is 1. The van der Waals surface area contributed by atoms with E-state index in [1.165, 1.54) is 30.3 Å². The van der Waals surface area contributed by atoms with Crippen LogP contribution in [0.1, 0.15) is 15.9 Å². The molecule has 3 aromatic rings. The van der Waals surface area contributed by atoms with Crippen molar-refractivity contribution < 1.29 is 23.5 Å². The van der Waals surface area contributed by atoms with E-state index in [0.29, 0.717) is 5.56 Å². The summed E-state index contributed by atoms with van der Waals surface area (Å²) >= 11 is 1.51. The first-order chi connectivity index (χ1) is 13.3. The number of carbonyl (C=O) groups excluding carboxylic acids is 2. The third kappa shape index (κ3) is 4.94. The minimum atomic E-state index is -4.03. The second-order valence-electron chi connectivity index (χ2n) is 5.73. The molecule has 0 saturated heterocycles. The van der Waals surface area contributed by atoms with Crippen molar-refractivity contribution in [2.75, 3.05) is 0 Å². The number of thiophene rings is 1. The standard InChI is InChI=1S/C21H14F2O3S2/c22-21(23,20(25)26)28-17-10-8-15(9-11-17)18(24)12-5-14-3-6-16(7-4-14)19-2-1-13-27-19/h1-13H,(H,25,26)/p-1/b12-5+. The van der Waals surface area contributed by atoms with Gasteiger partial charge in [-0.1, -0.05) is 36.4 Å². The van der Waals surface area contributed by atoms with E-state index in [1.54, 1.807) is 17.4 Å². The van der Waals surface area contributed by atoms with Crippen LogP contribution >= 0.6 is 23.1 Å². The van der Waals surface area contributed by atoms with E-state index in [9.17, 15) is 23.5 Å². The zero-order chi connectivity index (χ0) is 20.1. The molecule has 3 nitrogen and oxygen atoms in total. The average molecular weight is 415 g/mol. The maximum Gasteiger partial charge on any atom is 0.337 e. The number of benzene rings is 2. The normalized spacial score (nSPS) is 11.6. The highest BCUT2D eigenvalue weighted by molar-refractivity contribution is 8.01. The first-order valence-electron chi connectivity index (χ1n) is 8.10. The van der Waals surface area contributed by atoms with Gasteiger partial charge in [-0.3, -0.25) is 4.79 Å². The Hall–Kier alpha value is -2.77. The number of carbonyl (C=O) groups is 2. The Morgan fingerprint density at radius 1 is 1.00 bits per heavy atom. The lowest BCUT2D eigenvalue weighted by Crippen LogP contribution is -2.38. The third-order valence-corrected chi connectivity index (χ3v) is 5.62. The zero-order valence-corrected chi connectivity index (χ0v) is 15.9. The van der Waals surface area contributed by atoms with Gasteiger partial charge in [-0.05, 0) is 64.7 Å². The van der Waals surface area contributed by atoms with Crippen LogP contribution in [0.15, 0.2) is 77.0 Å². The van der Waals surface area contributed by atoms with Crippen LogP contribution in [0.3, 0.4) is 0 Å². The minimum absolute atomic E-state index is 0.0268. The fourth-order valence-corrected chi connectivity index (χ4v) is 3.73. The van der Waals surface area contributed by atoms with E-state index >= 15 is 0 Å². The molecule has 0 spiro atoms. The molecule has 1 aromatic heterocycles. The largest absolute Gasteiger partial charge is 0.543 e. The summed E-state index contributed by atoms with van der Waals surface area (Å²) in [6, 6.07) is 17.1. The predicted molar refractivity (Wildman–Crippen MR) is 105 cm³/mol. The molecule has 0 unspecified atom stereocenters. The molecule has 0 atom stereocenters. The van der Waals surface area contributed by atoms with E-state index in [1.807, 2.05) is 41.8 Å². The number of carboxylic acid groups (broad SMARTS) is 1. The molecule has 0 radical (unpaired) electrons. The van der Waals surface area contributed by atoms with E-state index < -0.39 is 11.2 Å². The van der Waals surface area contributed by atoms with Crippen molar-refractivity contribution in [1.29, 1.82) is 0 Å². The van der Waals surface area contributed by atoms with Gasteiger partial charge in [-0.25, -0.2) is 0 Å². The third-order valence-electron chi connectivity index (χ3n) is 3.77. The van der Waals surface area contributed by atoms with Crippen molar-refractivity contribution in [2.24, 2.45) is 0 Å². The minimum Gasteiger partial charge on any atom is -0.543 e. The lowest BCUT2D eigenvalue weighted by Gasteiger charge is -2.16. The molecule has 0 saturated carbocycles. The van der Waals surface area contributed by atoms with Gasteiger partial charge in [0.1, 0.15) is 5.97 Å². The molecular weight excluding hydrogens is 402 g/mol. The molecule has 0 fully saturated rings. The van der Waals surface area contributed by atoms with Gasteiger partial charge >= 0.3 is 5.25 Å². The van der Waals surface area contributed by atoms with Crippen molar-refractivity contribution in [3.8, 4) is 10.4 Å². The van der Waals surface area contributed by atoms with Gasteiger partial charge in [0, 0.05) is 15.3 Å². The van der Waals surface area contributed by atoms with Crippen molar-refractivity contribution in [3.63, 3.8) is 0 Å². The first kappa shape index (κ1) is 20.0. The maximum atomic E-state index is 13.1. The van der Waals surface area contributed by atoms with Crippen molar-refractivity contribution >= 4 is 40.9 Å². The number of halogens is 2. The maximum absolute atomic E-state index is 13.1. The highest BCUT2D eigenvalue weighted by atomic mass is 32.2. The average Bonchev–Trinajstić information content (AvgIpc) is 3.21.